The molecule has 148 valence electrons. The molecule has 4 amide bonds. The van der Waals surface area contributed by atoms with E-state index in [9.17, 15) is 9.59 Å². The van der Waals surface area contributed by atoms with Crippen LogP contribution < -0.4 is 5.32 Å². The number of urea groups is 2. The molecule has 1 aliphatic heterocycles. The summed E-state index contributed by atoms with van der Waals surface area (Å²) < 4.78 is 0. The lowest BCUT2D eigenvalue weighted by molar-refractivity contribution is 0.127. The summed E-state index contributed by atoms with van der Waals surface area (Å²) in [5.74, 6) is 0. The standard InChI is InChI=1S/C22H28N4O2/c1-24(2)22(28)26-15-13-25(14-16-26)21(27)23-20(19-11-7-4-8-12-19)17-18-9-5-3-6-10-18/h3-12,20H,13-17H2,1-2H3,(H,23,27). The van der Waals surface area contributed by atoms with Crippen LogP contribution in [0.2, 0.25) is 0 Å². The van der Waals surface area contributed by atoms with Crippen molar-refractivity contribution < 1.29 is 9.59 Å². The van der Waals surface area contributed by atoms with E-state index in [4.69, 9.17) is 0 Å². The van der Waals surface area contributed by atoms with Gasteiger partial charge in [0.25, 0.3) is 0 Å². The highest BCUT2D eigenvalue weighted by molar-refractivity contribution is 5.76. The van der Waals surface area contributed by atoms with Crippen LogP contribution in [0.4, 0.5) is 9.59 Å². The number of piperazine rings is 1. The zero-order chi connectivity index (χ0) is 19.9. The number of rotatable bonds is 4. The Hall–Kier alpha value is -3.02. The van der Waals surface area contributed by atoms with Crippen LogP contribution in [-0.4, -0.2) is 67.0 Å². The Morgan fingerprint density at radius 3 is 2.00 bits per heavy atom. The summed E-state index contributed by atoms with van der Waals surface area (Å²) in [6.07, 6.45) is 0.732. The molecule has 0 saturated carbocycles. The van der Waals surface area contributed by atoms with E-state index in [2.05, 4.69) is 17.4 Å². The second kappa shape index (κ2) is 9.26. The maximum Gasteiger partial charge on any atom is 0.319 e. The number of hydrogen-bond acceptors (Lipinski definition) is 2. The predicted octanol–water partition coefficient (Wildman–Crippen LogP) is 2.98. The summed E-state index contributed by atoms with van der Waals surface area (Å²) in [5.41, 5.74) is 2.26. The van der Waals surface area contributed by atoms with E-state index in [1.165, 1.54) is 5.56 Å². The van der Waals surface area contributed by atoms with Gasteiger partial charge < -0.3 is 20.0 Å². The molecule has 3 rings (SSSR count). The Kier molecular flexibility index (Phi) is 6.53. The van der Waals surface area contributed by atoms with Gasteiger partial charge in [0.1, 0.15) is 0 Å². The number of carbonyl (C=O) groups is 2. The number of carbonyl (C=O) groups excluding carboxylic acids is 2. The van der Waals surface area contributed by atoms with Crippen molar-refractivity contribution in [3.8, 4) is 0 Å². The largest absolute Gasteiger partial charge is 0.331 e. The number of benzene rings is 2. The van der Waals surface area contributed by atoms with Crippen LogP contribution >= 0.6 is 0 Å². The minimum atomic E-state index is -0.0995. The molecule has 0 aromatic heterocycles. The van der Waals surface area contributed by atoms with E-state index in [0.717, 1.165) is 12.0 Å². The van der Waals surface area contributed by atoms with Gasteiger partial charge in [0.05, 0.1) is 6.04 Å². The summed E-state index contributed by atoms with van der Waals surface area (Å²) in [4.78, 5) is 30.1. The maximum atomic E-state index is 12.9. The molecule has 1 aliphatic rings. The van der Waals surface area contributed by atoms with E-state index in [-0.39, 0.29) is 18.1 Å². The molecule has 6 nitrogen and oxygen atoms in total. The van der Waals surface area contributed by atoms with Gasteiger partial charge in [-0.05, 0) is 17.5 Å². The van der Waals surface area contributed by atoms with Gasteiger partial charge in [-0.3, -0.25) is 0 Å². The second-order valence-corrected chi connectivity index (χ2v) is 7.25. The van der Waals surface area contributed by atoms with Crippen LogP contribution in [0.15, 0.2) is 60.7 Å². The first kappa shape index (κ1) is 19.7. The average Bonchev–Trinajstić information content (AvgIpc) is 2.74. The topological polar surface area (TPSA) is 55.9 Å². The second-order valence-electron chi connectivity index (χ2n) is 7.25. The third kappa shape index (κ3) is 5.03. The third-order valence-electron chi connectivity index (χ3n) is 5.00. The van der Waals surface area contributed by atoms with Crippen molar-refractivity contribution in [3.05, 3.63) is 71.8 Å². The first-order valence-corrected chi connectivity index (χ1v) is 9.65. The fraction of sp³-hybridized carbons (Fsp3) is 0.364. The van der Waals surface area contributed by atoms with Crippen molar-refractivity contribution in [3.63, 3.8) is 0 Å². The van der Waals surface area contributed by atoms with Crippen LogP contribution in [0.25, 0.3) is 0 Å². The molecule has 0 radical (unpaired) electrons. The SMILES string of the molecule is CN(C)C(=O)N1CCN(C(=O)NC(Cc2ccccc2)c2ccccc2)CC1. The zero-order valence-corrected chi connectivity index (χ0v) is 16.5. The molecule has 2 aromatic rings. The molecule has 0 bridgehead atoms. The lowest BCUT2D eigenvalue weighted by Crippen LogP contribution is -2.55. The van der Waals surface area contributed by atoms with E-state index in [0.29, 0.717) is 26.2 Å². The molecule has 6 heteroatoms. The van der Waals surface area contributed by atoms with Crippen molar-refractivity contribution in [1.82, 2.24) is 20.0 Å². The summed E-state index contributed by atoms with van der Waals surface area (Å²) in [6, 6.07) is 20.0. The smallest absolute Gasteiger partial charge is 0.319 e. The van der Waals surface area contributed by atoms with Crippen molar-refractivity contribution in [1.29, 1.82) is 0 Å². The Morgan fingerprint density at radius 2 is 1.43 bits per heavy atom. The summed E-state index contributed by atoms with van der Waals surface area (Å²) in [7, 11) is 3.49. The quantitative estimate of drug-likeness (QED) is 0.887. The number of amides is 4. The molecule has 2 aromatic carbocycles. The number of nitrogens with one attached hydrogen (secondary N) is 1. The molecule has 1 unspecified atom stereocenters. The summed E-state index contributed by atoms with van der Waals surface area (Å²) in [6.45, 7) is 2.19. The van der Waals surface area contributed by atoms with Gasteiger partial charge >= 0.3 is 12.1 Å². The molecule has 1 atom stereocenters. The summed E-state index contributed by atoms with van der Waals surface area (Å²) in [5, 5.41) is 3.19. The van der Waals surface area contributed by atoms with Crippen molar-refractivity contribution in [2.75, 3.05) is 40.3 Å². The van der Waals surface area contributed by atoms with Crippen LogP contribution in [0, 0.1) is 0 Å². The predicted molar refractivity (Wildman–Crippen MR) is 110 cm³/mol. The van der Waals surface area contributed by atoms with E-state index in [1.807, 2.05) is 48.5 Å². The Morgan fingerprint density at radius 1 is 0.893 bits per heavy atom. The monoisotopic (exact) mass is 380 g/mol. The van der Waals surface area contributed by atoms with Gasteiger partial charge in [-0.2, -0.15) is 0 Å². The maximum absolute atomic E-state index is 12.9. The third-order valence-corrected chi connectivity index (χ3v) is 5.00. The normalized spacial score (nSPS) is 15.1. The molecule has 1 fully saturated rings. The van der Waals surface area contributed by atoms with E-state index in [1.54, 1.807) is 28.8 Å². The Balaban J connectivity index is 1.64. The highest BCUT2D eigenvalue weighted by Gasteiger charge is 2.26. The molecule has 1 N–H and O–H groups in total. The first-order valence-electron chi connectivity index (χ1n) is 9.65. The minimum absolute atomic E-state index is 0.00806. The minimum Gasteiger partial charge on any atom is -0.331 e. The molecule has 0 aliphatic carbocycles. The molecular weight excluding hydrogens is 352 g/mol. The molecule has 28 heavy (non-hydrogen) atoms. The van der Waals surface area contributed by atoms with Crippen molar-refractivity contribution in [2.24, 2.45) is 0 Å². The molecule has 1 saturated heterocycles. The zero-order valence-electron chi connectivity index (χ0n) is 16.5. The van der Waals surface area contributed by atoms with Gasteiger partial charge in [-0.1, -0.05) is 60.7 Å². The fourth-order valence-corrected chi connectivity index (χ4v) is 3.41. The fourth-order valence-electron chi connectivity index (χ4n) is 3.41. The Bertz CT molecular complexity index is 772. The lowest BCUT2D eigenvalue weighted by atomic mass is 9.99. The van der Waals surface area contributed by atoms with Gasteiger partial charge in [-0.25, -0.2) is 9.59 Å². The summed E-state index contributed by atoms with van der Waals surface area (Å²) >= 11 is 0. The first-order chi connectivity index (χ1) is 13.5. The Labute approximate surface area is 166 Å². The highest BCUT2D eigenvalue weighted by Crippen LogP contribution is 2.19. The van der Waals surface area contributed by atoms with Gasteiger partial charge in [-0.15, -0.1) is 0 Å². The average molecular weight is 380 g/mol. The van der Waals surface area contributed by atoms with Crippen molar-refractivity contribution in [2.45, 2.75) is 12.5 Å². The van der Waals surface area contributed by atoms with Crippen LogP contribution in [0.3, 0.4) is 0 Å². The van der Waals surface area contributed by atoms with E-state index < -0.39 is 0 Å². The number of hydrogen-bond donors (Lipinski definition) is 1. The highest BCUT2D eigenvalue weighted by atomic mass is 16.2. The van der Waals surface area contributed by atoms with E-state index >= 15 is 0 Å². The van der Waals surface area contributed by atoms with Crippen molar-refractivity contribution >= 4 is 12.1 Å². The molecule has 1 heterocycles. The molecular formula is C22H28N4O2. The van der Waals surface area contributed by atoms with Crippen LogP contribution in [0.5, 0.6) is 0 Å². The lowest BCUT2D eigenvalue weighted by Gasteiger charge is -2.36. The van der Waals surface area contributed by atoms with Crippen LogP contribution in [-0.2, 0) is 6.42 Å². The van der Waals surface area contributed by atoms with Gasteiger partial charge in [0.2, 0.25) is 0 Å². The molecule has 0 spiro atoms. The van der Waals surface area contributed by atoms with Gasteiger partial charge in [0, 0.05) is 40.3 Å². The van der Waals surface area contributed by atoms with Crippen LogP contribution in [0.1, 0.15) is 17.2 Å². The van der Waals surface area contributed by atoms with Gasteiger partial charge in [0.15, 0.2) is 0 Å². The number of nitrogens with zero attached hydrogens (tertiary/aromatic N) is 3.